The van der Waals surface area contributed by atoms with Gasteiger partial charge < -0.3 is 9.09 Å². The van der Waals surface area contributed by atoms with Crippen LogP contribution in [0.5, 0.6) is 0 Å². The van der Waals surface area contributed by atoms with Crippen LogP contribution in [0.15, 0.2) is 9.68 Å². The highest BCUT2D eigenvalue weighted by Crippen LogP contribution is 2.15. The van der Waals surface area contributed by atoms with Crippen LogP contribution >= 0.6 is 0 Å². The largest absolute Gasteiger partial charge is 0.339 e. The third-order valence-electron chi connectivity index (χ3n) is 2.91. The van der Waals surface area contributed by atoms with E-state index >= 15 is 0 Å². The van der Waals surface area contributed by atoms with Crippen molar-refractivity contribution in [3.05, 3.63) is 17.5 Å². The van der Waals surface area contributed by atoms with Crippen molar-refractivity contribution < 1.29 is 12.9 Å². The van der Waals surface area contributed by atoms with Crippen LogP contribution in [0.4, 0.5) is 0 Å². The third-order valence-corrected chi connectivity index (χ3v) is 4.40. The molecule has 9 heteroatoms. The second-order valence-electron chi connectivity index (χ2n) is 5.24. The number of sulfone groups is 1. The summed E-state index contributed by atoms with van der Waals surface area (Å²) in [6, 6.07) is 0. The number of aromatic nitrogens is 5. The van der Waals surface area contributed by atoms with Crippen molar-refractivity contribution >= 4 is 9.84 Å². The van der Waals surface area contributed by atoms with Crippen LogP contribution < -0.4 is 0 Å². The van der Waals surface area contributed by atoms with Gasteiger partial charge in [-0.25, -0.2) is 8.42 Å². The fourth-order valence-electron chi connectivity index (χ4n) is 1.97. The van der Waals surface area contributed by atoms with Crippen molar-refractivity contribution in [2.24, 2.45) is 5.92 Å². The van der Waals surface area contributed by atoms with Crippen molar-refractivity contribution in [1.29, 1.82) is 0 Å². The summed E-state index contributed by atoms with van der Waals surface area (Å²) < 4.78 is 31.4. The highest BCUT2D eigenvalue weighted by Gasteiger charge is 2.26. The normalized spacial score (nSPS) is 12.2. The summed E-state index contributed by atoms with van der Waals surface area (Å²) in [6.07, 6.45) is 0.622. The fraction of sp³-hybridized carbons (Fsp3) is 0.667. The highest BCUT2D eigenvalue weighted by molar-refractivity contribution is 7.90. The molecule has 0 N–H and O–H groups in total. The lowest BCUT2D eigenvalue weighted by Gasteiger charge is -2.04. The van der Waals surface area contributed by atoms with Crippen LogP contribution in [0.25, 0.3) is 0 Å². The van der Waals surface area contributed by atoms with Gasteiger partial charge in [0.1, 0.15) is 11.6 Å². The average molecular weight is 313 g/mol. The zero-order valence-corrected chi connectivity index (χ0v) is 13.4. The molecular weight excluding hydrogens is 294 g/mol. The molecule has 0 aliphatic carbocycles. The Morgan fingerprint density at radius 2 is 2.00 bits per heavy atom. The molecule has 0 aromatic carbocycles. The highest BCUT2D eigenvalue weighted by atomic mass is 32.2. The minimum atomic E-state index is -3.65. The molecule has 8 nitrogen and oxygen atoms in total. The summed E-state index contributed by atoms with van der Waals surface area (Å²) in [5, 5.41) is 11.2. The first kappa shape index (κ1) is 15.6. The van der Waals surface area contributed by atoms with E-state index in [9.17, 15) is 8.42 Å². The third kappa shape index (κ3) is 3.46. The van der Waals surface area contributed by atoms with E-state index in [1.807, 2.05) is 20.8 Å². The molecule has 0 fully saturated rings. The van der Waals surface area contributed by atoms with Crippen LogP contribution in [0, 0.1) is 12.8 Å². The summed E-state index contributed by atoms with van der Waals surface area (Å²) in [5.74, 6) is 1.18. The van der Waals surface area contributed by atoms with Crippen molar-refractivity contribution in [2.45, 2.75) is 51.6 Å². The molecule has 2 heterocycles. The van der Waals surface area contributed by atoms with E-state index < -0.39 is 9.84 Å². The van der Waals surface area contributed by atoms with Gasteiger partial charge in [0.15, 0.2) is 5.82 Å². The summed E-state index contributed by atoms with van der Waals surface area (Å²) in [5.41, 5.74) is 0. The van der Waals surface area contributed by atoms with Crippen molar-refractivity contribution in [2.75, 3.05) is 0 Å². The zero-order valence-electron chi connectivity index (χ0n) is 12.6. The monoisotopic (exact) mass is 313 g/mol. The zero-order chi connectivity index (χ0) is 15.6. The van der Waals surface area contributed by atoms with Crippen molar-refractivity contribution in [3.8, 4) is 0 Å². The van der Waals surface area contributed by atoms with Crippen LogP contribution in [0.2, 0.25) is 0 Å². The molecule has 0 amide bonds. The first-order chi connectivity index (χ1) is 9.83. The van der Waals surface area contributed by atoms with Crippen molar-refractivity contribution in [3.63, 3.8) is 0 Å². The average Bonchev–Trinajstić information content (AvgIpc) is 2.95. The Hall–Kier alpha value is -1.77. The van der Waals surface area contributed by atoms with Gasteiger partial charge in [-0.15, -0.1) is 10.2 Å². The lowest BCUT2D eigenvalue weighted by atomic mass is 10.1. The second-order valence-corrected chi connectivity index (χ2v) is 7.12. The standard InChI is InChI=1S/C12H19N5O3S/c1-5-17-9(4)14-15-12(17)21(18,19)7-10-13-11(20-16-10)6-8(2)3/h8H,5-7H2,1-4H3. The van der Waals surface area contributed by atoms with Gasteiger partial charge in [0, 0.05) is 13.0 Å². The van der Waals surface area contributed by atoms with Crippen molar-refractivity contribution in [1.82, 2.24) is 24.9 Å². The van der Waals surface area contributed by atoms with Gasteiger partial charge >= 0.3 is 0 Å². The quantitative estimate of drug-likeness (QED) is 0.788. The van der Waals surface area contributed by atoms with E-state index in [2.05, 4.69) is 20.3 Å². The molecule has 0 bridgehead atoms. The van der Waals surface area contributed by atoms with E-state index in [1.165, 1.54) is 0 Å². The van der Waals surface area contributed by atoms with Gasteiger partial charge in [-0.2, -0.15) is 4.98 Å². The van der Waals surface area contributed by atoms with Gasteiger partial charge in [-0.1, -0.05) is 19.0 Å². The van der Waals surface area contributed by atoms with E-state index in [-0.39, 0.29) is 16.7 Å². The van der Waals surface area contributed by atoms with Crippen LogP contribution in [-0.4, -0.2) is 33.3 Å². The van der Waals surface area contributed by atoms with Crippen LogP contribution in [0.1, 0.15) is 38.3 Å². The summed E-state index contributed by atoms with van der Waals surface area (Å²) in [7, 11) is -3.65. The minimum absolute atomic E-state index is 0.0577. The Balaban J connectivity index is 2.23. The number of hydrogen-bond acceptors (Lipinski definition) is 7. The lowest BCUT2D eigenvalue weighted by molar-refractivity contribution is 0.359. The molecule has 0 aliphatic rings. The maximum Gasteiger partial charge on any atom is 0.250 e. The molecule has 0 atom stereocenters. The predicted octanol–water partition coefficient (Wildman–Crippen LogP) is 1.16. The molecule has 2 aromatic rings. The first-order valence-corrected chi connectivity index (χ1v) is 8.42. The van der Waals surface area contributed by atoms with E-state index in [1.54, 1.807) is 11.5 Å². The molecule has 0 saturated carbocycles. The maximum atomic E-state index is 12.4. The molecule has 2 rings (SSSR count). The van der Waals surface area contributed by atoms with E-state index in [0.717, 1.165) is 0 Å². The van der Waals surface area contributed by atoms with Crippen LogP contribution in [-0.2, 0) is 28.6 Å². The van der Waals surface area contributed by atoms with Gasteiger partial charge in [0.05, 0.1) is 0 Å². The number of rotatable bonds is 6. The molecule has 116 valence electrons. The Labute approximate surface area is 123 Å². The smallest absolute Gasteiger partial charge is 0.250 e. The summed E-state index contributed by atoms with van der Waals surface area (Å²) in [6.45, 7) is 8.08. The topological polar surface area (TPSA) is 104 Å². The molecule has 0 spiro atoms. The SMILES string of the molecule is CCn1c(C)nnc1S(=O)(=O)Cc1noc(CC(C)C)n1. The Morgan fingerprint density at radius 1 is 1.29 bits per heavy atom. The molecule has 0 unspecified atom stereocenters. The molecule has 0 saturated heterocycles. The first-order valence-electron chi connectivity index (χ1n) is 6.77. The van der Waals surface area contributed by atoms with E-state index in [0.29, 0.717) is 30.6 Å². The van der Waals surface area contributed by atoms with Crippen LogP contribution in [0.3, 0.4) is 0 Å². The summed E-state index contributed by atoms with van der Waals surface area (Å²) in [4.78, 5) is 4.11. The number of nitrogens with zero attached hydrogens (tertiary/aromatic N) is 5. The maximum absolute atomic E-state index is 12.4. The lowest BCUT2D eigenvalue weighted by Crippen LogP contribution is -2.14. The Kier molecular flexibility index (Phi) is 4.40. The van der Waals surface area contributed by atoms with E-state index in [4.69, 9.17) is 4.52 Å². The van der Waals surface area contributed by atoms with Gasteiger partial charge in [0.2, 0.25) is 20.9 Å². The molecule has 0 radical (unpaired) electrons. The predicted molar refractivity (Wildman–Crippen MR) is 74.2 cm³/mol. The molecular formula is C12H19N5O3S. The Morgan fingerprint density at radius 3 is 2.62 bits per heavy atom. The molecule has 0 aliphatic heterocycles. The Bertz CT molecular complexity index is 717. The second kappa shape index (κ2) is 5.92. The van der Waals surface area contributed by atoms with Gasteiger partial charge in [-0.3, -0.25) is 0 Å². The summed E-state index contributed by atoms with van der Waals surface area (Å²) >= 11 is 0. The van der Waals surface area contributed by atoms with Gasteiger partial charge in [-0.05, 0) is 19.8 Å². The molecule has 21 heavy (non-hydrogen) atoms. The van der Waals surface area contributed by atoms with Gasteiger partial charge in [0.25, 0.3) is 0 Å². The number of hydrogen-bond donors (Lipinski definition) is 0. The minimum Gasteiger partial charge on any atom is -0.339 e. The fourth-order valence-corrected chi connectivity index (χ4v) is 3.32. The molecule has 2 aromatic heterocycles. The number of aryl methyl sites for hydroxylation is 1.